The average Bonchev–Trinajstić information content (AvgIpc) is 3.08. The van der Waals surface area contributed by atoms with Crippen LogP contribution >= 0.6 is 0 Å². The predicted molar refractivity (Wildman–Crippen MR) is 119 cm³/mol. The molecule has 8 heteroatoms. The van der Waals surface area contributed by atoms with Gasteiger partial charge in [0.1, 0.15) is 22.9 Å². The minimum absolute atomic E-state index is 0.182. The molecule has 8 nitrogen and oxygen atoms in total. The lowest BCUT2D eigenvalue weighted by molar-refractivity contribution is 0.0821. The van der Waals surface area contributed by atoms with Crippen molar-refractivity contribution >= 4 is 28.6 Å². The third kappa shape index (κ3) is 4.28. The number of rotatable bonds is 6. The summed E-state index contributed by atoms with van der Waals surface area (Å²) < 4.78 is 13.2. The molecule has 1 N–H and O–H groups in total. The highest BCUT2D eigenvalue weighted by molar-refractivity contribution is 5.92. The molecule has 2 aromatic heterocycles. The number of fused-ring (bicyclic) bond motifs is 1. The fraction of sp³-hybridized carbons (Fsp3) is 0.174. The van der Waals surface area contributed by atoms with Crippen molar-refractivity contribution in [2.24, 2.45) is 7.05 Å². The van der Waals surface area contributed by atoms with E-state index in [1.54, 1.807) is 39.5 Å². The highest BCUT2D eigenvalue weighted by Crippen LogP contribution is 2.29. The second-order valence-electron chi connectivity index (χ2n) is 7.18. The van der Waals surface area contributed by atoms with Gasteiger partial charge in [-0.15, -0.1) is 0 Å². The summed E-state index contributed by atoms with van der Waals surface area (Å²) in [4.78, 5) is 22.4. The fourth-order valence-electron chi connectivity index (χ4n) is 3.14. The molecule has 0 unspecified atom stereocenters. The third-order valence-corrected chi connectivity index (χ3v) is 4.77. The van der Waals surface area contributed by atoms with Crippen molar-refractivity contribution in [1.29, 1.82) is 0 Å². The summed E-state index contributed by atoms with van der Waals surface area (Å²) in [5.74, 6) is 2.43. The van der Waals surface area contributed by atoms with E-state index in [4.69, 9.17) is 14.5 Å². The molecule has 0 aliphatic carbocycles. The highest BCUT2D eigenvalue weighted by atomic mass is 16.5. The van der Waals surface area contributed by atoms with E-state index in [2.05, 4.69) is 10.3 Å². The number of aryl methyl sites for hydroxylation is 1. The van der Waals surface area contributed by atoms with Crippen LogP contribution < -0.4 is 14.8 Å². The molecule has 0 saturated carbocycles. The first-order chi connectivity index (χ1) is 14.9. The van der Waals surface area contributed by atoms with Crippen LogP contribution in [-0.2, 0) is 7.05 Å². The number of pyridine rings is 1. The molecule has 0 radical (unpaired) electrons. The average molecular weight is 417 g/mol. The number of anilines is 2. The van der Waals surface area contributed by atoms with Crippen LogP contribution in [0.15, 0.2) is 60.8 Å². The van der Waals surface area contributed by atoms with Crippen molar-refractivity contribution in [3.05, 3.63) is 66.5 Å². The highest BCUT2D eigenvalue weighted by Gasteiger charge is 2.12. The largest absolute Gasteiger partial charge is 0.497 e. The van der Waals surface area contributed by atoms with Crippen molar-refractivity contribution in [3.8, 4) is 17.2 Å². The van der Waals surface area contributed by atoms with Crippen LogP contribution in [0.5, 0.6) is 17.2 Å². The van der Waals surface area contributed by atoms with E-state index in [0.717, 1.165) is 22.5 Å². The van der Waals surface area contributed by atoms with Crippen LogP contribution in [0.25, 0.3) is 11.0 Å². The summed E-state index contributed by atoms with van der Waals surface area (Å²) in [6.07, 6.45) is 1.56. The normalized spacial score (nSPS) is 10.7. The number of hydrogen-bond donors (Lipinski definition) is 1. The van der Waals surface area contributed by atoms with E-state index in [-0.39, 0.29) is 5.91 Å². The van der Waals surface area contributed by atoms with Gasteiger partial charge in [0.05, 0.1) is 18.1 Å². The zero-order valence-corrected chi connectivity index (χ0v) is 17.8. The molecule has 4 aromatic rings. The minimum Gasteiger partial charge on any atom is -0.497 e. The summed E-state index contributed by atoms with van der Waals surface area (Å²) >= 11 is 0. The second kappa shape index (κ2) is 8.35. The molecule has 4 rings (SSSR count). The first-order valence-corrected chi connectivity index (χ1v) is 9.67. The number of benzene rings is 2. The van der Waals surface area contributed by atoms with Gasteiger partial charge in [-0.2, -0.15) is 0 Å². The molecule has 0 aliphatic rings. The lowest BCUT2D eigenvalue weighted by Gasteiger charge is -2.11. The molecular formula is C23H23N5O3. The van der Waals surface area contributed by atoms with E-state index in [1.165, 1.54) is 4.90 Å². The van der Waals surface area contributed by atoms with Gasteiger partial charge in [-0.1, -0.05) is 6.07 Å². The number of carbonyl (C=O) groups excluding carboxylic acids is 1. The van der Waals surface area contributed by atoms with Gasteiger partial charge in [0.2, 0.25) is 5.95 Å². The maximum atomic E-state index is 12.1. The van der Waals surface area contributed by atoms with Gasteiger partial charge >= 0.3 is 0 Å². The van der Waals surface area contributed by atoms with Crippen LogP contribution in [0, 0.1) is 0 Å². The molecule has 158 valence electrons. The van der Waals surface area contributed by atoms with Crippen molar-refractivity contribution in [3.63, 3.8) is 0 Å². The number of imidazole rings is 1. The Labute approximate surface area is 180 Å². The predicted octanol–water partition coefficient (Wildman–Crippen LogP) is 4.21. The minimum atomic E-state index is -0.182. The zero-order valence-electron chi connectivity index (χ0n) is 17.8. The monoisotopic (exact) mass is 417 g/mol. The number of carbonyl (C=O) groups is 1. The van der Waals surface area contributed by atoms with E-state index in [0.29, 0.717) is 23.1 Å². The SMILES string of the molecule is COc1cccc(Nc2nc3cc(Oc4ccnc(C(=O)N(C)C)c4)ccc3n2C)c1. The van der Waals surface area contributed by atoms with Crippen LogP contribution in [0.1, 0.15) is 10.5 Å². The molecule has 1 amide bonds. The molecule has 0 atom stereocenters. The van der Waals surface area contributed by atoms with Gasteiger partial charge in [0.15, 0.2) is 0 Å². The number of methoxy groups -OCH3 is 1. The molecule has 31 heavy (non-hydrogen) atoms. The Morgan fingerprint density at radius 1 is 1.03 bits per heavy atom. The summed E-state index contributed by atoms with van der Waals surface area (Å²) in [5.41, 5.74) is 2.94. The van der Waals surface area contributed by atoms with Gasteiger partial charge < -0.3 is 24.3 Å². The number of ether oxygens (including phenoxy) is 2. The number of aromatic nitrogens is 3. The van der Waals surface area contributed by atoms with Crippen molar-refractivity contribution < 1.29 is 14.3 Å². The Balaban J connectivity index is 1.59. The first kappa shape index (κ1) is 20.2. The second-order valence-corrected chi connectivity index (χ2v) is 7.18. The third-order valence-electron chi connectivity index (χ3n) is 4.77. The fourth-order valence-corrected chi connectivity index (χ4v) is 3.14. The Kier molecular flexibility index (Phi) is 5.44. The maximum Gasteiger partial charge on any atom is 0.272 e. The van der Waals surface area contributed by atoms with Crippen molar-refractivity contribution in [1.82, 2.24) is 19.4 Å². The van der Waals surface area contributed by atoms with Gasteiger partial charge in [-0.25, -0.2) is 4.98 Å². The topological polar surface area (TPSA) is 81.5 Å². The molecule has 0 bridgehead atoms. The zero-order chi connectivity index (χ0) is 22.0. The quantitative estimate of drug-likeness (QED) is 0.506. The molecule has 0 fully saturated rings. The Hall–Kier alpha value is -4.07. The summed E-state index contributed by atoms with van der Waals surface area (Å²) in [6.45, 7) is 0. The Morgan fingerprint density at radius 3 is 2.61 bits per heavy atom. The van der Waals surface area contributed by atoms with E-state index in [1.807, 2.05) is 54.1 Å². The lowest BCUT2D eigenvalue weighted by Crippen LogP contribution is -2.22. The molecular weight excluding hydrogens is 394 g/mol. The van der Waals surface area contributed by atoms with Gasteiger partial charge in [0.25, 0.3) is 5.91 Å². The Morgan fingerprint density at radius 2 is 1.84 bits per heavy atom. The molecule has 2 aromatic carbocycles. The smallest absolute Gasteiger partial charge is 0.272 e. The molecule has 0 aliphatic heterocycles. The number of nitrogens with zero attached hydrogens (tertiary/aromatic N) is 4. The first-order valence-electron chi connectivity index (χ1n) is 9.67. The standard InChI is InChI=1S/C23H23N5O3/c1-27(2)22(29)20-14-18(10-11-24-20)31-17-8-9-21-19(13-17)26-23(28(21)3)25-15-6-5-7-16(12-15)30-4/h5-14H,1-4H3,(H,25,26). The van der Waals surface area contributed by atoms with Gasteiger partial charge in [0, 0.05) is 51.2 Å². The van der Waals surface area contributed by atoms with Gasteiger partial charge in [-0.3, -0.25) is 9.78 Å². The number of amides is 1. The van der Waals surface area contributed by atoms with E-state index >= 15 is 0 Å². The molecule has 0 spiro atoms. The summed E-state index contributed by atoms with van der Waals surface area (Å²) in [5, 5.41) is 3.32. The van der Waals surface area contributed by atoms with Crippen LogP contribution in [-0.4, -0.2) is 46.5 Å². The lowest BCUT2D eigenvalue weighted by atomic mass is 10.3. The maximum absolute atomic E-state index is 12.1. The molecule has 2 heterocycles. The summed E-state index contributed by atoms with van der Waals surface area (Å²) in [6, 6.07) is 16.7. The van der Waals surface area contributed by atoms with Crippen molar-refractivity contribution in [2.45, 2.75) is 0 Å². The number of nitrogens with one attached hydrogen (secondary N) is 1. The van der Waals surface area contributed by atoms with E-state index in [9.17, 15) is 4.79 Å². The molecule has 0 saturated heterocycles. The Bertz CT molecular complexity index is 1250. The van der Waals surface area contributed by atoms with Crippen LogP contribution in [0.2, 0.25) is 0 Å². The van der Waals surface area contributed by atoms with Crippen molar-refractivity contribution in [2.75, 3.05) is 26.5 Å². The van der Waals surface area contributed by atoms with E-state index < -0.39 is 0 Å². The summed E-state index contributed by atoms with van der Waals surface area (Å²) in [7, 11) is 6.95. The number of hydrogen-bond acceptors (Lipinski definition) is 6. The van der Waals surface area contributed by atoms with Crippen LogP contribution in [0.4, 0.5) is 11.6 Å². The van der Waals surface area contributed by atoms with Crippen LogP contribution in [0.3, 0.4) is 0 Å². The van der Waals surface area contributed by atoms with Gasteiger partial charge in [-0.05, 0) is 30.3 Å².